The second-order valence-electron chi connectivity index (χ2n) is 3.45. The fourth-order valence-corrected chi connectivity index (χ4v) is 1.68. The van der Waals surface area contributed by atoms with Crippen LogP contribution in [-0.4, -0.2) is 12.0 Å². The number of nitrogens with zero attached hydrogens (tertiary/aromatic N) is 1. The van der Waals surface area contributed by atoms with Gasteiger partial charge >= 0.3 is 58.4 Å². The van der Waals surface area contributed by atoms with Crippen molar-refractivity contribution in [1.29, 1.82) is 0 Å². The molecule has 0 amide bonds. The van der Waals surface area contributed by atoms with E-state index in [1.807, 2.05) is 0 Å². The van der Waals surface area contributed by atoms with E-state index < -0.39 is 12.4 Å². The molecule has 0 N–H and O–H groups in total. The number of aryl methyl sites for hydroxylation is 1. The number of fused-ring (bicyclic) bond motifs is 1. The normalized spacial score (nSPS) is 11.2. The number of benzene rings is 1. The van der Waals surface area contributed by atoms with Gasteiger partial charge in [-0.3, -0.25) is 4.98 Å². The molecule has 0 aliphatic heterocycles. The summed E-state index contributed by atoms with van der Waals surface area (Å²) in [7, 11) is 0. The van der Waals surface area contributed by atoms with Crippen molar-refractivity contribution in [1.82, 2.24) is 4.98 Å². The Morgan fingerprint density at radius 3 is 2.44 bits per heavy atom. The van der Waals surface area contributed by atoms with Gasteiger partial charge in [0.2, 0.25) is 0 Å². The topological polar surface area (TPSA) is 12.9 Å². The van der Waals surface area contributed by atoms with Gasteiger partial charge < -0.3 is 12.9 Å². The molecule has 0 aliphatic rings. The van der Waals surface area contributed by atoms with Crippen molar-refractivity contribution in [2.45, 2.75) is 6.92 Å². The van der Waals surface area contributed by atoms with E-state index in [-0.39, 0.29) is 62.5 Å². The summed E-state index contributed by atoms with van der Waals surface area (Å²) in [6.45, 7) is -3.55. The molecule has 0 saturated carbocycles. The van der Waals surface area contributed by atoms with E-state index in [1.165, 1.54) is 19.2 Å². The second kappa shape index (κ2) is 5.18. The quantitative estimate of drug-likeness (QED) is 0.627. The summed E-state index contributed by atoms with van der Waals surface area (Å²) in [6, 6.07) is 6.40. The molecule has 2 rings (SSSR count). The molecule has 1 heterocycles. The van der Waals surface area contributed by atoms with E-state index in [9.17, 15) is 12.9 Å². The van der Waals surface area contributed by atoms with Gasteiger partial charge in [0.25, 0.3) is 0 Å². The Morgan fingerprint density at radius 2 is 1.81 bits per heavy atom. The monoisotopic (exact) mass is 249 g/mol. The number of rotatable bonds is 1. The standard InChI is InChI=1S/C10H8BF3N.K/c1-7-4-5-8-3-2-6-15-10(8)9(7)11(12,13)14;/h2-6H,1H3;/q-1;+1. The van der Waals surface area contributed by atoms with Gasteiger partial charge in [0.15, 0.2) is 0 Å². The van der Waals surface area contributed by atoms with Crippen LogP contribution in [0.3, 0.4) is 0 Å². The van der Waals surface area contributed by atoms with Gasteiger partial charge in [-0.2, -0.15) is 0 Å². The van der Waals surface area contributed by atoms with Crippen molar-refractivity contribution in [3.05, 3.63) is 36.0 Å². The Kier molecular flexibility index (Phi) is 4.59. The van der Waals surface area contributed by atoms with Gasteiger partial charge in [-0.05, 0) is 18.4 Å². The molecule has 0 spiro atoms. The zero-order chi connectivity index (χ0) is 11.1. The minimum Gasteiger partial charge on any atom is -0.445 e. The average molecular weight is 249 g/mol. The van der Waals surface area contributed by atoms with Gasteiger partial charge in [-0.1, -0.05) is 29.2 Å². The summed E-state index contributed by atoms with van der Waals surface area (Å²) in [4.78, 5) is 3.80. The van der Waals surface area contributed by atoms with Crippen molar-refractivity contribution in [3.63, 3.8) is 0 Å². The predicted molar refractivity (Wildman–Crippen MR) is 55.2 cm³/mol. The van der Waals surface area contributed by atoms with Crippen molar-refractivity contribution in [2.24, 2.45) is 0 Å². The van der Waals surface area contributed by atoms with E-state index in [2.05, 4.69) is 4.98 Å². The Bertz CT molecular complexity index is 513. The fraction of sp³-hybridized carbons (Fsp3) is 0.100. The van der Waals surface area contributed by atoms with Crippen molar-refractivity contribution in [3.8, 4) is 0 Å². The molecule has 0 radical (unpaired) electrons. The number of hydrogen-bond acceptors (Lipinski definition) is 1. The molecule has 78 valence electrons. The summed E-state index contributed by atoms with van der Waals surface area (Å²) in [5.74, 6) is 0. The summed E-state index contributed by atoms with van der Waals surface area (Å²) in [5, 5.41) is 0.525. The maximum Gasteiger partial charge on any atom is 1.00 e. The van der Waals surface area contributed by atoms with Crippen LogP contribution < -0.4 is 56.8 Å². The second-order valence-corrected chi connectivity index (χ2v) is 3.45. The maximum atomic E-state index is 12.8. The Labute approximate surface area is 134 Å². The number of halogens is 3. The molecule has 6 heteroatoms. The molecule has 1 aromatic heterocycles. The molecule has 16 heavy (non-hydrogen) atoms. The van der Waals surface area contributed by atoms with Gasteiger partial charge in [-0.25, -0.2) is 0 Å². The van der Waals surface area contributed by atoms with Crippen molar-refractivity contribution >= 4 is 23.3 Å². The predicted octanol–water partition coefficient (Wildman–Crippen LogP) is -0.398. The maximum absolute atomic E-state index is 12.8. The number of pyridine rings is 1. The molecule has 0 saturated heterocycles. The van der Waals surface area contributed by atoms with E-state index in [1.54, 1.807) is 18.2 Å². The molecular formula is C10H8BF3KN. The SMILES string of the molecule is Cc1ccc2cccnc2c1[B-](F)(F)F.[K+]. The number of hydrogen-bond donors (Lipinski definition) is 0. The van der Waals surface area contributed by atoms with Gasteiger partial charge in [0.1, 0.15) is 0 Å². The zero-order valence-electron chi connectivity index (χ0n) is 9.05. The zero-order valence-corrected chi connectivity index (χ0v) is 12.2. The fourth-order valence-electron chi connectivity index (χ4n) is 1.68. The first-order valence-electron chi connectivity index (χ1n) is 4.54. The third-order valence-electron chi connectivity index (χ3n) is 2.36. The molecule has 0 atom stereocenters. The van der Waals surface area contributed by atoms with Gasteiger partial charge in [-0.15, -0.1) is 0 Å². The third-order valence-corrected chi connectivity index (χ3v) is 2.36. The molecule has 0 fully saturated rings. The van der Waals surface area contributed by atoms with E-state index >= 15 is 0 Å². The molecule has 0 aliphatic carbocycles. The first kappa shape index (κ1) is 14.2. The van der Waals surface area contributed by atoms with Crippen LogP contribution in [-0.2, 0) is 0 Å². The molecule has 2 aromatic rings. The summed E-state index contributed by atoms with van der Waals surface area (Å²) in [5.41, 5.74) is -0.299. The molecule has 1 aromatic carbocycles. The Hall–Kier alpha value is 0.121. The van der Waals surface area contributed by atoms with Crippen LogP contribution in [0, 0.1) is 6.92 Å². The number of aromatic nitrogens is 1. The van der Waals surface area contributed by atoms with E-state index in [4.69, 9.17) is 0 Å². The van der Waals surface area contributed by atoms with Crippen LogP contribution in [0.5, 0.6) is 0 Å². The van der Waals surface area contributed by atoms with Crippen LogP contribution in [0.25, 0.3) is 10.9 Å². The third kappa shape index (κ3) is 2.68. The molecule has 0 bridgehead atoms. The molecule has 0 unspecified atom stereocenters. The largest absolute Gasteiger partial charge is 1.00 e. The van der Waals surface area contributed by atoms with Gasteiger partial charge in [0.05, 0.1) is 0 Å². The first-order chi connectivity index (χ1) is 7.00. The van der Waals surface area contributed by atoms with Crippen LogP contribution in [0.15, 0.2) is 30.5 Å². The van der Waals surface area contributed by atoms with Crippen molar-refractivity contribution < 1.29 is 64.3 Å². The summed E-state index contributed by atoms with van der Waals surface area (Å²) >= 11 is 0. The van der Waals surface area contributed by atoms with E-state index in [0.29, 0.717) is 5.39 Å². The smallest absolute Gasteiger partial charge is 0.445 e. The Morgan fingerprint density at radius 1 is 1.12 bits per heavy atom. The van der Waals surface area contributed by atoms with Gasteiger partial charge in [0, 0.05) is 11.7 Å². The van der Waals surface area contributed by atoms with Crippen LogP contribution in [0.1, 0.15) is 5.56 Å². The van der Waals surface area contributed by atoms with Crippen molar-refractivity contribution in [2.75, 3.05) is 0 Å². The van der Waals surface area contributed by atoms with Crippen LogP contribution in [0.4, 0.5) is 12.9 Å². The molecular weight excluding hydrogens is 241 g/mol. The first-order valence-corrected chi connectivity index (χ1v) is 4.54. The minimum absolute atomic E-state index is 0. The summed E-state index contributed by atoms with van der Waals surface area (Å²) < 4.78 is 38.4. The molecule has 1 nitrogen and oxygen atoms in total. The Balaban J connectivity index is 0.00000128. The minimum atomic E-state index is -5.00. The average Bonchev–Trinajstić information content (AvgIpc) is 2.15. The van der Waals surface area contributed by atoms with Crippen LogP contribution >= 0.6 is 0 Å². The van der Waals surface area contributed by atoms with Crippen LogP contribution in [0.2, 0.25) is 0 Å². The summed E-state index contributed by atoms with van der Waals surface area (Å²) in [6.07, 6.45) is 1.38. The van der Waals surface area contributed by atoms with E-state index in [0.717, 1.165) is 0 Å².